The lowest BCUT2D eigenvalue weighted by Gasteiger charge is -1.92. The molecule has 0 rings (SSSR count). The van der Waals surface area contributed by atoms with E-state index in [0.717, 1.165) is 0 Å². The second kappa shape index (κ2) is 12.0. The Morgan fingerprint density at radius 1 is 0.857 bits per heavy atom. The van der Waals surface area contributed by atoms with E-state index in [1.807, 2.05) is 24.3 Å². The highest BCUT2D eigenvalue weighted by Gasteiger charge is 1.82. The summed E-state index contributed by atoms with van der Waals surface area (Å²) in [7, 11) is 0. The molecule has 0 aromatic carbocycles. The van der Waals surface area contributed by atoms with E-state index < -0.39 is 0 Å². The second-order valence-electron chi connectivity index (χ2n) is 3.24. The molecule has 0 heterocycles. The van der Waals surface area contributed by atoms with Crippen LogP contribution in [0.4, 0.5) is 0 Å². The first-order chi connectivity index (χ1) is 6.91. The normalized spacial score (nSPS) is 12.1. The van der Waals surface area contributed by atoms with Crippen LogP contribution < -0.4 is 0 Å². The molecule has 0 aliphatic heterocycles. The molecule has 0 bridgehead atoms. The van der Waals surface area contributed by atoms with Gasteiger partial charge in [-0.05, 0) is 12.8 Å². The van der Waals surface area contributed by atoms with Crippen molar-refractivity contribution >= 4 is 0 Å². The van der Waals surface area contributed by atoms with Crippen LogP contribution >= 0.6 is 0 Å². The summed E-state index contributed by atoms with van der Waals surface area (Å²) < 4.78 is 0. The lowest BCUT2D eigenvalue weighted by Crippen LogP contribution is -1.72. The lowest BCUT2D eigenvalue weighted by molar-refractivity contribution is 0.674. The van der Waals surface area contributed by atoms with Crippen molar-refractivity contribution in [2.75, 3.05) is 0 Å². The zero-order valence-electron chi connectivity index (χ0n) is 9.15. The van der Waals surface area contributed by atoms with Crippen LogP contribution in [-0.4, -0.2) is 0 Å². The molecule has 0 aromatic rings. The Hall–Kier alpha value is -1.04. The molecule has 0 amide bonds. The first-order valence-corrected chi connectivity index (χ1v) is 5.45. The summed E-state index contributed by atoms with van der Waals surface area (Å²) in [6, 6.07) is 0. The Morgan fingerprint density at radius 2 is 1.57 bits per heavy atom. The van der Waals surface area contributed by atoms with E-state index in [2.05, 4.69) is 19.1 Å². The van der Waals surface area contributed by atoms with Crippen molar-refractivity contribution in [3.05, 3.63) is 49.1 Å². The predicted octanol–water partition coefficient (Wildman–Crippen LogP) is 4.61. The maximum atomic E-state index is 5.17. The molecule has 77 valence electrons. The standard InChI is InChI=1S/C14H21/c1-3-5-7-9-11-13-14-12-10-8-6-4-2/h1,3,5,7,9,11,13-14H,4,6,8,10,12H2,2H3. The van der Waals surface area contributed by atoms with Gasteiger partial charge in [-0.25, -0.2) is 0 Å². The van der Waals surface area contributed by atoms with Crippen LogP contribution in [0.25, 0.3) is 0 Å². The van der Waals surface area contributed by atoms with Gasteiger partial charge in [0.15, 0.2) is 0 Å². The average molecular weight is 189 g/mol. The van der Waals surface area contributed by atoms with Crippen molar-refractivity contribution in [2.45, 2.75) is 39.0 Å². The zero-order chi connectivity index (χ0) is 10.5. The summed E-state index contributed by atoms with van der Waals surface area (Å²) in [4.78, 5) is 0. The first kappa shape index (κ1) is 13.0. The van der Waals surface area contributed by atoms with Crippen LogP contribution in [0.5, 0.6) is 0 Å². The molecule has 0 heteroatoms. The average Bonchev–Trinajstić information content (AvgIpc) is 2.21. The Labute approximate surface area is 88.7 Å². The van der Waals surface area contributed by atoms with Crippen LogP contribution in [-0.2, 0) is 0 Å². The minimum absolute atomic E-state index is 1.19. The molecule has 0 nitrogen and oxygen atoms in total. The fourth-order valence-corrected chi connectivity index (χ4v) is 1.12. The number of allylic oxidation sites excluding steroid dienone is 7. The molecule has 0 spiro atoms. The van der Waals surface area contributed by atoms with Gasteiger partial charge >= 0.3 is 0 Å². The summed E-state index contributed by atoms with van der Waals surface area (Å²) in [5.41, 5.74) is 0. The topological polar surface area (TPSA) is 0 Å². The van der Waals surface area contributed by atoms with Gasteiger partial charge in [0.1, 0.15) is 0 Å². The van der Waals surface area contributed by atoms with Crippen LogP contribution in [0.15, 0.2) is 42.5 Å². The van der Waals surface area contributed by atoms with Gasteiger partial charge in [0.25, 0.3) is 0 Å². The molecule has 0 aliphatic carbocycles. The Balaban J connectivity index is 3.30. The summed E-state index contributed by atoms with van der Waals surface area (Å²) >= 11 is 0. The fourth-order valence-electron chi connectivity index (χ4n) is 1.12. The number of hydrogen-bond acceptors (Lipinski definition) is 0. The molecule has 1 radical (unpaired) electrons. The highest BCUT2D eigenvalue weighted by Crippen LogP contribution is 2.02. The fraction of sp³-hybridized carbons (Fsp3) is 0.429. The molecular weight excluding hydrogens is 168 g/mol. The number of rotatable bonds is 8. The van der Waals surface area contributed by atoms with Crippen LogP contribution in [0.3, 0.4) is 0 Å². The van der Waals surface area contributed by atoms with Crippen LogP contribution in [0, 0.1) is 6.58 Å². The third-order valence-electron chi connectivity index (χ3n) is 1.92. The van der Waals surface area contributed by atoms with Crippen molar-refractivity contribution < 1.29 is 0 Å². The van der Waals surface area contributed by atoms with Gasteiger partial charge in [0.05, 0.1) is 0 Å². The molecule has 14 heavy (non-hydrogen) atoms. The zero-order valence-corrected chi connectivity index (χ0v) is 9.15. The van der Waals surface area contributed by atoms with Gasteiger partial charge in [0, 0.05) is 0 Å². The number of unbranched alkanes of at least 4 members (excludes halogenated alkanes) is 4. The van der Waals surface area contributed by atoms with Gasteiger partial charge in [-0.3, -0.25) is 0 Å². The maximum absolute atomic E-state index is 5.17. The van der Waals surface area contributed by atoms with E-state index >= 15 is 0 Å². The highest BCUT2D eigenvalue weighted by atomic mass is 13.9. The molecule has 0 N–H and O–H groups in total. The third-order valence-corrected chi connectivity index (χ3v) is 1.92. The van der Waals surface area contributed by atoms with Crippen molar-refractivity contribution in [1.29, 1.82) is 0 Å². The van der Waals surface area contributed by atoms with E-state index in [-0.39, 0.29) is 0 Å². The van der Waals surface area contributed by atoms with Gasteiger partial charge in [-0.1, -0.05) is 75.3 Å². The summed E-state index contributed by atoms with van der Waals surface area (Å²) in [6.45, 7) is 7.41. The summed E-state index contributed by atoms with van der Waals surface area (Å²) in [6.07, 6.45) is 20.1. The van der Waals surface area contributed by atoms with Crippen molar-refractivity contribution in [3.8, 4) is 0 Å². The van der Waals surface area contributed by atoms with E-state index in [0.29, 0.717) is 0 Å². The van der Waals surface area contributed by atoms with Crippen LogP contribution in [0.1, 0.15) is 39.0 Å². The monoisotopic (exact) mass is 189 g/mol. The van der Waals surface area contributed by atoms with E-state index in [1.54, 1.807) is 0 Å². The summed E-state index contributed by atoms with van der Waals surface area (Å²) in [5, 5.41) is 0. The molecule has 0 atom stereocenters. The Bertz CT molecular complexity index is 194. The van der Waals surface area contributed by atoms with Crippen molar-refractivity contribution in [2.24, 2.45) is 0 Å². The SMILES string of the molecule is [CH]=CC=CC=CC=CCCCCCC. The van der Waals surface area contributed by atoms with Gasteiger partial charge < -0.3 is 0 Å². The largest absolute Gasteiger partial charge is 0.0845 e. The molecule has 0 aliphatic rings. The van der Waals surface area contributed by atoms with Crippen molar-refractivity contribution in [1.82, 2.24) is 0 Å². The Kier molecular flexibility index (Phi) is 11.1. The quantitative estimate of drug-likeness (QED) is 0.386. The van der Waals surface area contributed by atoms with E-state index in [4.69, 9.17) is 6.58 Å². The maximum Gasteiger partial charge on any atom is -0.0348 e. The molecule has 0 unspecified atom stereocenters. The molecule has 0 saturated heterocycles. The van der Waals surface area contributed by atoms with E-state index in [1.165, 1.54) is 38.2 Å². The van der Waals surface area contributed by atoms with Crippen molar-refractivity contribution in [3.63, 3.8) is 0 Å². The third kappa shape index (κ3) is 11.0. The summed E-state index contributed by atoms with van der Waals surface area (Å²) in [5.74, 6) is 0. The Morgan fingerprint density at radius 3 is 2.29 bits per heavy atom. The molecule has 0 saturated carbocycles. The second-order valence-corrected chi connectivity index (χ2v) is 3.24. The van der Waals surface area contributed by atoms with Gasteiger partial charge in [0.2, 0.25) is 0 Å². The van der Waals surface area contributed by atoms with Gasteiger partial charge in [-0.15, -0.1) is 0 Å². The molecule has 0 aromatic heterocycles. The van der Waals surface area contributed by atoms with Gasteiger partial charge in [-0.2, -0.15) is 0 Å². The number of hydrogen-bond donors (Lipinski definition) is 0. The minimum Gasteiger partial charge on any atom is -0.0845 e. The minimum atomic E-state index is 1.19. The molecular formula is C14H21. The van der Waals surface area contributed by atoms with Crippen LogP contribution in [0.2, 0.25) is 0 Å². The highest BCUT2D eigenvalue weighted by molar-refractivity contribution is 5.13. The first-order valence-electron chi connectivity index (χ1n) is 5.45. The van der Waals surface area contributed by atoms with E-state index in [9.17, 15) is 0 Å². The lowest BCUT2D eigenvalue weighted by atomic mass is 10.1. The molecule has 0 fully saturated rings. The predicted molar refractivity (Wildman–Crippen MR) is 65.0 cm³/mol. The smallest absolute Gasteiger partial charge is 0.0348 e.